The Kier molecular flexibility index (Phi) is 16.0. The molecular weight excluding hydrogens is 242 g/mol. The van der Waals surface area contributed by atoms with Crippen molar-refractivity contribution in [1.82, 2.24) is 4.90 Å². The quantitative estimate of drug-likeness (QED) is 0.279. The molecule has 0 aliphatic rings. The summed E-state index contributed by atoms with van der Waals surface area (Å²) in [5, 5.41) is 0. The van der Waals surface area contributed by atoms with Crippen molar-refractivity contribution in [3.05, 3.63) is 24.3 Å². The van der Waals surface area contributed by atoms with Gasteiger partial charge in [-0.1, -0.05) is 57.9 Å². The van der Waals surface area contributed by atoms with Crippen LogP contribution in [-0.4, -0.2) is 24.5 Å². The van der Waals surface area contributed by atoms with Gasteiger partial charge in [0, 0.05) is 0 Å². The van der Waals surface area contributed by atoms with E-state index in [-0.39, 0.29) is 0 Å². The molecule has 0 aliphatic heterocycles. The predicted octanol–water partition coefficient (Wildman–Crippen LogP) is 5.97. The molecule has 0 saturated carbocycles. The van der Waals surface area contributed by atoms with E-state index in [4.69, 9.17) is 0 Å². The van der Waals surface area contributed by atoms with Crippen LogP contribution in [0.4, 0.5) is 0 Å². The van der Waals surface area contributed by atoms with Crippen LogP contribution in [0.25, 0.3) is 0 Å². The largest absolute Gasteiger partial charge is 0.303 e. The molecule has 0 bridgehead atoms. The van der Waals surface area contributed by atoms with Crippen LogP contribution in [0.2, 0.25) is 0 Å². The minimum absolute atomic E-state index is 1.24. The van der Waals surface area contributed by atoms with E-state index in [0.717, 1.165) is 0 Å². The molecule has 0 heterocycles. The average Bonchev–Trinajstić information content (AvgIpc) is 2.46. The van der Waals surface area contributed by atoms with Crippen molar-refractivity contribution in [1.29, 1.82) is 0 Å². The maximum Gasteiger partial charge on any atom is -0.00158 e. The Bertz CT molecular complexity index is 208. The van der Waals surface area contributed by atoms with Gasteiger partial charge in [0.25, 0.3) is 0 Å². The highest BCUT2D eigenvalue weighted by Gasteiger charge is 2.01. The number of allylic oxidation sites excluding steroid dienone is 4. The summed E-state index contributed by atoms with van der Waals surface area (Å²) in [7, 11) is 0. The van der Waals surface area contributed by atoms with Crippen LogP contribution in [0.1, 0.15) is 78.6 Å². The second-order valence-electron chi connectivity index (χ2n) is 5.65. The van der Waals surface area contributed by atoms with Gasteiger partial charge in [-0.2, -0.15) is 0 Å². The third-order valence-electron chi connectivity index (χ3n) is 3.47. The molecule has 0 aromatic carbocycles. The Hall–Kier alpha value is -0.560. The molecule has 0 unspecified atom stereocenters. The number of nitrogens with zero attached hydrogens (tertiary/aromatic N) is 1. The molecule has 0 atom stereocenters. The van der Waals surface area contributed by atoms with Crippen LogP contribution in [0, 0.1) is 0 Å². The predicted molar refractivity (Wildman–Crippen MR) is 93.3 cm³/mol. The van der Waals surface area contributed by atoms with Crippen molar-refractivity contribution >= 4 is 0 Å². The lowest BCUT2D eigenvalue weighted by molar-refractivity contribution is 0.269. The summed E-state index contributed by atoms with van der Waals surface area (Å²) in [6, 6.07) is 0. The summed E-state index contributed by atoms with van der Waals surface area (Å²) in [4.78, 5) is 2.64. The zero-order chi connectivity index (χ0) is 14.9. The first-order chi connectivity index (χ1) is 9.85. The lowest BCUT2D eigenvalue weighted by Gasteiger charge is -2.20. The van der Waals surface area contributed by atoms with Gasteiger partial charge in [0.2, 0.25) is 0 Å². The topological polar surface area (TPSA) is 3.24 Å². The van der Waals surface area contributed by atoms with Gasteiger partial charge in [-0.25, -0.2) is 0 Å². The summed E-state index contributed by atoms with van der Waals surface area (Å²) in [6.45, 7) is 10.6. The van der Waals surface area contributed by atoms with E-state index in [0.29, 0.717) is 0 Å². The highest BCUT2D eigenvalue weighted by atomic mass is 15.1. The SMILES string of the molecule is CCC/C=C/CCCN(CCC)CCC/C=C/CCC. The highest BCUT2D eigenvalue weighted by molar-refractivity contribution is 4.82. The Morgan fingerprint density at radius 3 is 1.40 bits per heavy atom. The number of hydrogen-bond acceptors (Lipinski definition) is 1. The number of hydrogen-bond donors (Lipinski definition) is 0. The van der Waals surface area contributed by atoms with Gasteiger partial charge >= 0.3 is 0 Å². The molecule has 0 aromatic heterocycles. The van der Waals surface area contributed by atoms with Crippen LogP contribution in [-0.2, 0) is 0 Å². The molecule has 0 saturated heterocycles. The summed E-state index contributed by atoms with van der Waals surface area (Å²) in [5.74, 6) is 0. The first-order valence-electron chi connectivity index (χ1n) is 8.87. The Morgan fingerprint density at radius 1 is 0.550 bits per heavy atom. The summed E-state index contributed by atoms with van der Waals surface area (Å²) in [6.07, 6.45) is 20.8. The van der Waals surface area contributed by atoms with E-state index in [1.165, 1.54) is 77.4 Å². The molecular formula is C19H37N. The molecule has 20 heavy (non-hydrogen) atoms. The fourth-order valence-corrected chi connectivity index (χ4v) is 2.32. The smallest absolute Gasteiger partial charge is 0.00158 e. The first-order valence-corrected chi connectivity index (χ1v) is 8.87. The Morgan fingerprint density at radius 2 is 1.00 bits per heavy atom. The van der Waals surface area contributed by atoms with Gasteiger partial charge in [0.1, 0.15) is 0 Å². The fraction of sp³-hybridized carbons (Fsp3) is 0.789. The van der Waals surface area contributed by atoms with Crippen LogP contribution < -0.4 is 0 Å². The molecule has 0 rings (SSSR count). The minimum atomic E-state index is 1.24. The molecule has 0 fully saturated rings. The van der Waals surface area contributed by atoms with Crippen molar-refractivity contribution in [3.8, 4) is 0 Å². The maximum atomic E-state index is 2.64. The monoisotopic (exact) mass is 279 g/mol. The average molecular weight is 280 g/mol. The molecule has 0 radical (unpaired) electrons. The Labute approximate surface area is 128 Å². The van der Waals surface area contributed by atoms with Crippen molar-refractivity contribution in [2.24, 2.45) is 0 Å². The van der Waals surface area contributed by atoms with Crippen LogP contribution >= 0.6 is 0 Å². The van der Waals surface area contributed by atoms with Gasteiger partial charge < -0.3 is 4.90 Å². The first kappa shape index (κ1) is 19.4. The molecule has 0 amide bonds. The lowest BCUT2D eigenvalue weighted by atomic mass is 10.2. The number of rotatable bonds is 14. The van der Waals surface area contributed by atoms with E-state index in [9.17, 15) is 0 Å². The van der Waals surface area contributed by atoms with E-state index in [1.54, 1.807) is 0 Å². The molecule has 1 nitrogen and oxygen atoms in total. The van der Waals surface area contributed by atoms with Crippen LogP contribution in [0.5, 0.6) is 0 Å². The Balaban J connectivity index is 3.64. The molecule has 0 aromatic rings. The standard InChI is InChI=1S/C19H37N/c1-4-7-9-11-13-15-18-20(17-6-3)19-16-14-12-10-8-5-2/h9-12H,4-8,13-19H2,1-3H3/b11-9+,12-10+. The summed E-state index contributed by atoms with van der Waals surface area (Å²) in [5.41, 5.74) is 0. The molecule has 0 N–H and O–H groups in total. The lowest BCUT2D eigenvalue weighted by Crippen LogP contribution is -2.26. The highest BCUT2D eigenvalue weighted by Crippen LogP contribution is 2.03. The minimum Gasteiger partial charge on any atom is -0.303 e. The van der Waals surface area contributed by atoms with Gasteiger partial charge in [-0.05, 0) is 64.6 Å². The maximum absolute atomic E-state index is 2.64. The molecule has 0 spiro atoms. The van der Waals surface area contributed by atoms with Crippen molar-refractivity contribution in [3.63, 3.8) is 0 Å². The van der Waals surface area contributed by atoms with E-state index < -0.39 is 0 Å². The van der Waals surface area contributed by atoms with E-state index in [1.807, 2.05) is 0 Å². The third-order valence-corrected chi connectivity index (χ3v) is 3.47. The van der Waals surface area contributed by atoms with Crippen molar-refractivity contribution in [2.45, 2.75) is 78.6 Å². The zero-order valence-electron chi connectivity index (χ0n) is 14.2. The van der Waals surface area contributed by atoms with Gasteiger partial charge in [0.05, 0.1) is 0 Å². The van der Waals surface area contributed by atoms with Crippen LogP contribution in [0.15, 0.2) is 24.3 Å². The summed E-state index contributed by atoms with van der Waals surface area (Å²) >= 11 is 0. The molecule has 0 aliphatic carbocycles. The fourth-order valence-electron chi connectivity index (χ4n) is 2.32. The summed E-state index contributed by atoms with van der Waals surface area (Å²) < 4.78 is 0. The van der Waals surface area contributed by atoms with Crippen LogP contribution in [0.3, 0.4) is 0 Å². The zero-order valence-corrected chi connectivity index (χ0v) is 14.2. The second kappa shape index (κ2) is 16.5. The number of unbranched alkanes of at least 4 members (excludes halogenated alkanes) is 4. The van der Waals surface area contributed by atoms with Gasteiger partial charge in [0.15, 0.2) is 0 Å². The molecule has 118 valence electrons. The second-order valence-corrected chi connectivity index (χ2v) is 5.65. The normalized spacial score (nSPS) is 12.2. The molecule has 1 heteroatoms. The van der Waals surface area contributed by atoms with E-state index in [2.05, 4.69) is 50.0 Å². The van der Waals surface area contributed by atoms with E-state index >= 15 is 0 Å². The third kappa shape index (κ3) is 13.9. The van der Waals surface area contributed by atoms with Crippen molar-refractivity contribution < 1.29 is 0 Å². The van der Waals surface area contributed by atoms with Crippen molar-refractivity contribution in [2.75, 3.05) is 19.6 Å². The van der Waals surface area contributed by atoms with Gasteiger partial charge in [-0.3, -0.25) is 0 Å². The van der Waals surface area contributed by atoms with Gasteiger partial charge in [-0.15, -0.1) is 0 Å².